The number of fused-ring (bicyclic) bond motifs is 2. The highest BCUT2D eigenvalue weighted by molar-refractivity contribution is 5.76. The minimum Gasteiger partial charge on any atom is -0.320 e. The maximum Gasteiger partial charge on any atom is 0.156 e. The first-order valence-electron chi connectivity index (χ1n) is 16.0. The molecule has 2 aliphatic heterocycles. The Morgan fingerprint density at radius 2 is 0.524 bits per heavy atom. The van der Waals surface area contributed by atoms with Crippen LogP contribution in [0.3, 0.4) is 0 Å². The molecule has 0 bridgehead atoms. The molecule has 2 saturated carbocycles. The Labute approximate surface area is 250 Å². The summed E-state index contributed by atoms with van der Waals surface area (Å²) in [5, 5.41) is 0. The van der Waals surface area contributed by atoms with Crippen LogP contribution in [0.15, 0.2) is 133 Å². The summed E-state index contributed by atoms with van der Waals surface area (Å²) in [6.07, 6.45) is 9.98. The van der Waals surface area contributed by atoms with Crippen LogP contribution >= 0.6 is 0 Å². The molecule has 4 unspecified atom stereocenters. The van der Waals surface area contributed by atoms with Gasteiger partial charge in [-0.15, -0.1) is 0 Å². The lowest BCUT2D eigenvalue weighted by Gasteiger charge is -2.35. The number of rotatable bonds is 4. The summed E-state index contributed by atoms with van der Waals surface area (Å²) in [6.45, 7) is 0. The van der Waals surface area contributed by atoms with E-state index in [0.717, 1.165) is 0 Å². The second-order valence-electron chi connectivity index (χ2n) is 12.3. The molecular weight excluding hydrogens is 512 g/mol. The largest absolute Gasteiger partial charge is 0.320 e. The monoisotopic (exact) mass is 552 g/mol. The molecule has 2 saturated heterocycles. The lowest BCUT2D eigenvalue weighted by atomic mass is 9.90. The number of hydrogen-bond donors (Lipinski definition) is 0. The smallest absolute Gasteiger partial charge is 0.156 e. The van der Waals surface area contributed by atoms with Crippen molar-refractivity contribution >= 4 is 22.7 Å². The van der Waals surface area contributed by atoms with Crippen molar-refractivity contribution < 1.29 is 0 Å². The van der Waals surface area contributed by atoms with Gasteiger partial charge in [0.15, 0.2) is 11.6 Å². The number of hydrogen-bond acceptors (Lipinski definition) is 4. The fraction of sp³-hybridized carbons (Fsp3) is 0.316. The molecule has 42 heavy (non-hydrogen) atoms. The van der Waals surface area contributed by atoms with Crippen molar-refractivity contribution in [2.75, 3.05) is 19.6 Å². The highest BCUT2D eigenvalue weighted by Gasteiger charge is 2.53. The van der Waals surface area contributed by atoms with Crippen molar-refractivity contribution in [2.24, 2.45) is 0 Å². The van der Waals surface area contributed by atoms with Crippen molar-refractivity contribution in [3.8, 4) is 0 Å². The van der Waals surface area contributed by atoms with E-state index in [1.54, 1.807) is 0 Å². The van der Waals surface area contributed by atoms with E-state index in [4.69, 9.17) is 0 Å². The van der Waals surface area contributed by atoms with Gasteiger partial charge in [0, 0.05) is 22.7 Å². The molecule has 0 N–H and O–H groups in total. The SMILES string of the molecule is c1ccc(N2C(=C3N(c4ccccc4)C4CCCCC4N3c3ccccc3)N(c3ccccc3)C3CCCCC32)cc1. The zero-order valence-electron chi connectivity index (χ0n) is 24.3. The van der Waals surface area contributed by atoms with E-state index < -0.39 is 0 Å². The number of benzene rings is 4. The van der Waals surface area contributed by atoms with Crippen molar-refractivity contribution in [1.29, 1.82) is 0 Å². The lowest BCUT2D eigenvalue weighted by Crippen LogP contribution is -2.40. The van der Waals surface area contributed by atoms with Gasteiger partial charge in [-0.3, -0.25) is 0 Å². The molecule has 2 aliphatic carbocycles. The highest BCUT2D eigenvalue weighted by atomic mass is 15.5. The van der Waals surface area contributed by atoms with Crippen LogP contribution in [0, 0.1) is 0 Å². The minimum atomic E-state index is 0.432. The van der Waals surface area contributed by atoms with E-state index in [2.05, 4.69) is 141 Å². The van der Waals surface area contributed by atoms with Gasteiger partial charge in [0.05, 0.1) is 24.2 Å². The summed E-state index contributed by atoms with van der Waals surface area (Å²) in [5.41, 5.74) is 5.19. The van der Waals surface area contributed by atoms with Gasteiger partial charge >= 0.3 is 0 Å². The molecule has 4 aliphatic rings. The normalized spacial score (nSPS) is 25.5. The first kappa shape index (κ1) is 25.5. The predicted octanol–water partition coefficient (Wildman–Crippen LogP) is 8.79. The molecule has 0 spiro atoms. The molecule has 4 atom stereocenters. The summed E-state index contributed by atoms with van der Waals surface area (Å²) in [5.74, 6) is 2.68. The highest BCUT2D eigenvalue weighted by Crippen LogP contribution is 2.51. The van der Waals surface area contributed by atoms with Gasteiger partial charge in [-0.25, -0.2) is 0 Å². The van der Waals surface area contributed by atoms with Crippen molar-refractivity contribution in [1.82, 2.24) is 0 Å². The molecule has 0 amide bonds. The molecular formula is C38H40N4. The second-order valence-corrected chi connectivity index (χ2v) is 12.3. The van der Waals surface area contributed by atoms with Crippen molar-refractivity contribution in [3.63, 3.8) is 0 Å². The maximum atomic E-state index is 2.73. The average molecular weight is 553 g/mol. The summed E-state index contributed by atoms with van der Waals surface area (Å²) in [7, 11) is 0. The van der Waals surface area contributed by atoms with Crippen LogP contribution in [0.5, 0.6) is 0 Å². The van der Waals surface area contributed by atoms with Crippen LogP contribution in [-0.2, 0) is 0 Å². The van der Waals surface area contributed by atoms with E-state index in [-0.39, 0.29) is 0 Å². The fourth-order valence-electron chi connectivity index (χ4n) is 8.29. The van der Waals surface area contributed by atoms with E-state index in [1.807, 2.05) is 0 Å². The molecule has 4 aromatic rings. The van der Waals surface area contributed by atoms with Crippen LogP contribution in [0.2, 0.25) is 0 Å². The third-order valence-electron chi connectivity index (χ3n) is 9.96. The summed E-state index contributed by atoms with van der Waals surface area (Å²) >= 11 is 0. The molecule has 4 heteroatoms. The zero-order chi connectivity index (χ0) is 27.9. The molecule has 2 heterocycles. The fourth-order valence-corrected chi connectivity index (χ4v) is 8.29. The topological polar surface area (TPSA) is 13.0 Å². The Morgan fingerprint density at radius 1 is 0.310 bits per heavy atom. The predicted molar refractivity (Wildman–Crippen MR) is 175 cm³/mol. The van der Waals surface area contributed by atoms with Crippen molar-refractivity contribution in [2.45, 2.75) is 75.5 Å². The van der Waals surface area contributed by atoms with E-state index in [0.29, 0.717) is 24.2 Å². The Balaban J connectivity index is 1.46. The van der Waals surface area contributed by atoms with Crippen LogP contribution in [0.1, 0.15) is 51.4 Å². The first-order valence-corrected chi connectivity index (χ1v) is 16.0. The van der Waals surface area contributed by atoms with Gasteiger partial charge in [-0.1, -0.05) is 98.5 Å². The average Bonchev–Trinajstić information content (AvgIpc) is 3.59. The number of para-hydroxylation sites is 4. The number of nitrogens with zero attached hydrogens (tertiary/aromatic N) is 4. The molecule has 4 nitrogen and oxygen atoms in total. The van der Waals surface area contributed by atoms with E-state index in [1.165, 1.54) is 85.8 Å². The summed E-state index contributed by atoms with van der Waals surface area (Å²) < 4.78 is 0. The lowest BCUT2D eigenvalue weighted by molar-refractivity contribution is 0.409. The first-order chi connectivity index (χ1) is 20.9. The Morgan fingerprint density at radius 3 is 0.738 bits per heavy atom. The van der Waals surface area contributed by atoms with E-state index >= 15 is 0 Å². The van der Waals surface area contributed by atoms with Gasteiger partial charge in [-0.2, -0.15) is 0 Å². The molecule has 0 aromatic heterocycles. The molecule has 8 rings (SSSR count). The molecule has 4 fully saturated rings. The standard InChI is InChI=1S/C38H40N4/c1-5-17-29(18-6-1)39-33-25-13-14-26-34(33)40(30-19-7-2-8-20-30)37(39)38-41(31-21-9-3-10-22-31)35-27-15-16-28-36(35)42(38)32-23-11-4-12-24-32/h1-12,17-24,33-36H,13-16,25-28H2. The minimum absolute atomic E-state index is 0.432. The van der Waals surface area contributed by atoms with Crippen LogP contribution < -0.4 is 19.6 Å². The van der Waals surface area contributed by atoms with Crippen LogP contribution in [0.25, 0.3) is 0 Å². The summed E-state index contributed by atoms with van der Waals surface area (Å²) in [4.78, 5) is 10.9. The second kappa shape index (κ2) is 10.9. The van der Waals surface area contributed by atoms with Crippen LogP contribution in [0.4, 0.5) is 22.7 Å². The molecule has 212 valence electrons. The number of anilines is 4. The van der Waals surface area contributed by atoms with E-state index in [9.17, 15) is 0 Å². The molecule has 0 radical (unpaired) electrons. The van der Waals surface area contributed by atoms with Gasteiger partial charge in [0.2, 0.25) is 0 Å². The van der Waals surface area contributed by atoms with Crippen molar-refractivity contribution in [3.05, 3.63) is 133 Å². The Hall–Kier alpha value is -4.18. The van der Waals surface area contributed by atoms with Crippen LogP contribution in [-0.4, -0.2) is 24.2 Å². The maximum absolute atomic E-state index is 2.73. The Bertz CT molecular complexity index is 1290. The quantitative estimate of drug-likeness (QED) is 0.251. The third kappa shape index (κ3) is 4.19. The Kier molecular flexibility index (Phi) is 6.63. The zero-order valence-corrected chi connectivity index (χ0v) is 24.3. The molecule has 4 aromatic carbocycles. The summed E-state index contributed by atoms with van der Waals surface area (Å²) in [6, 6.07) is 46.6. The van der Waals surface area contributed by atoms with Gasteiger partial charge < -0.3 is 19.6 Å². The van der Waals surface area contributed by atoms with Gasteiger partial charge in [-0.05, 0) is 74.2 Å². The third-order valence-corrected chi connectivity index (χ3v) is 9.96. The van der Waals surface area contributed by atoms with Gasteiger partial charge in [0.25, 0.3) is 0 Å². The van der Waals surface area contributed by atoms with Gasteiger partial charge in [0.1, 0.15) is 0 Å².